The van der Waals surface area contributed by atoms with Gasteiger partial charge in [-0.2, -0.15) is 0 Å². The van der Waals surface area contributed by atoms with E-state index in [4.69, 9.17) is 14.2 Å². The van der Waals surface area contributed by atoms with E-state index >= 15 is 0 Å². The topological polar surface area (TPSA) is 184 Å². The molecule has 15 heteroatoms. The summed E-state index contributed by atoms with van der Waals surface area (Å²) in [7, 11) is 0. The van der Waals surface area contributed by atoms with E-state index in [0.717, 1.165) is 48.2 Å². The molecule has 57 heavy (non-hydrogen) atoms. The van der Waals surface area contributed by atoms with E-state index in [0.29, 0.717) is 36.2 Å². The Morgan fingerprint density at radius 3 is 1.37 bits per heavy atom. The summed E-state index contributed by atoms with van der Waals surface area (Å²) in [5, 5.41) is 5.31. The molecule has 6 rings (SSSR count). The molecule has 2 aliphatic heterocycles. The molecule has 4 aromatic rings. The number of likely N-dealkylation sites (tertiary alicyclic amines) is 2. The van der Waals surface area contributed by atoms with Crippen molar-refractivity contribution in [3.05, 3.63) is 72.6 Å². The molecule has 0 aliphatic carbocycles. The summed E-state index contributed by atoms with van der Waals surface area (Å²) in [6.07, 6.45) is 5.47. The Bertz CT molecular complexity index is 1900. The second-order valence-corrected chi connectivity index (χ2v) is 16.6. The first-order valence-corrected chi connectivity index (χ1v) is 19.5. The van der Waals surface area contributed by atoms with Crippen LogP contribution in [0.5, 0.6) is 11.5 Å². The number of aromatic nitrogens is 4. The van der Waals surface area contributed by atoms with Crippen molar-refractivity contribution in [1.82, 2.24) is 40.4 Å². The number of carbonyl (C=O) groups is 4. The maximum Gasteiger partial charge on any atom is 0.408 e. The predicted molar refractivity (Wildman–Crippen MR) is 213 cm³/mol. The zero-order valence-electron chi connectivity index (χ0n) is 34.0. The third-order valence-electron chi connectivity index (χ3n) is 9.67. The minimum atomic E-state index is -0.740. The first-order valence-electron chi connectivity index (χ1n) is 19.5. The zero-order chi connectivity index (χ0) is 41.1. The average molecular weight is 783 g/mol. The number of H-pyrrole nitrogens is 2. The smallest absolute Gasteiger partial charge is 0.408 e. The van der Waals surface area contributed by atoms with Gasteiger partial charge in [-0.1, -0.05) is 0 Å². The van der Waals surface area contributed by atoms with Crippen molar-refractivity contribution in [3.8, 4) is 34.0 Å². The van der Waals surface area contributed by atoms with Gasteiger partial charge in [0.05, 0.1) is 35.9 Å². The highest BCUT2D eigenvalue weighted by Gasteiger charge is 2.36. The van der Waals surface area contributed by atoms with E-state index in [2.05, 4.69) is 30.6 Å². The van der Waals surface area contributed by atoms with Gasteiger partial charge in [0, 0.05) is 13.1 Å². The molecule has 0 bridgehead atoms. The number of imidazole rings is 2. The molecule has 0 radical (unpaired) electrons. The van der Waals surface area contributed by atoms with Gasteiger partial charge < -0.3 is 44.6 Å². The normalized spacial score (nSPS) is 18.2. The van der Waals surface area contributed by atoms with Crippen molar-refractivity contribution in [2.24, 2.45) is 0 Å². The fraction of sp³-hybridized carbons (Fsp3) is 0.476. The largest absolute Gasteiger partial charge is 0.457 e. The number of carbonyl (C=O) groups excluding carboxylic acids is 4. The molecular formula is C42H54N8O7. The van der Waals surface area contributed by atoms with Crippen molar-refractivity contribution in [2.75, 3.05) is 13.1 Å². The molecule has 2 aromatic carbocycles. The van der Waals surface area contributed by atoms with Gasteiger partial charge in [0.15, 0.2) is 0 Å². The number of rotatable bonds is 10. The minimum Gasteiger partial charge on any atom is -0.457 e. The van der Waals surface area contributed by atoms with Crippen LogP contribution in [0.3, 0.4) is 0 Å². The SMILES string of the molecule is CC(NC(=O)OC(C)(C)C)C(=O)N1CCCC1c1ncc(-c2ccc(Oc3ccc(-c4cnc(C5CCCN5C(=O)C(C)NC(=O)OC(C)(C)C)[nH]4)cc3)cc2)[nH]1. The Hall–Kier alpha value is -5.86. The minimum absolute atomic E-state index is 0.184. The van der Waals surface area contributed by atoms with E-state index in [1.54, 1.807) is 77.6 Å². The van der Waals surface area contributed by atoms with Crippen LogP contribution in [0.2, 0.25) is 0 Å². The van der Waals surface area contributed by atoms with Gasteiger partial charge in [0.25, 0.3) is 0 Å². The third kappa shape index (κ3) is 10.3. The molecule has 304 valence electrons. The maximum absolute atomic E-state index is 13.3. The second kappa shape index (κ2) is 16.7. The summed E-state index contributed by atoms with van der Waals surface area (Å²) < 4.78 is 16.8. The van der Waals surface area contributed by atoms with Crippen LogP contribution in [-0.4, -0.2) is 90.1 Å². The highest BCUT2D eigenvalue weighted by molar-refractivity contribution is 5.86. The van der Waals surface area contributed by atoms with E-state index in [-0.39, 0.29) is 23.9 Å². The van der Waals surface area contributed by atoms with Crippen molar-refractivity contribution in [3.63, 3.8) is 0 Å². The molecule has 0 spiro atoms. The zero-order valence-corrected chi connectivity index (χ0v) is 34.0. The van der Waals surface area contributed by atoms with E-state index in [9.17, 15) is 19.2 Å². The van der Waals surface area contributed by atoms with Crippen LogP contribution >= 0.6 is 0 Å². The summed E-state index contributed by atoms with van der Waals surface area (Å²) in [5.74, 6) is 2.35. The fourth-order valence-electron chi connectivity index (χ4n) is 7.07. The highest BCUT2D eigenvalue weighted by atomic mass is 16.6. The van der Waals surface area contributed by atoms with Gasteiger partial charge in [-0.25, -0.2) is 19.6 Å². The lowest BCUT2D eigenvalue weighted by molar-refractivity contribution is -0.134. The Morgan fingerprint density at radius 1 is 0.649 bits per heavy atom. The van der Waals surface area contributed by atoms with Crippen LogP contribution in [0.4, 0.5) is 9.59 Å². The lowest BCUT2D eigenvalue weighted by atomic mass is 10.1. The van der Waals surface area contributed by atoms with Gasteiger partial charge in [0.2, 0.25) is 11.8 Å². The number of amides is 4. The van der Waals surface area contributed by atoms with Crippen LogP contribution in [0.25, 0.3) is 22.5 Å². The molecule has 0 saturated carbocycles. The summed E-state index contributed by atoms with van der Waals surface area (Å²) in [5.41, 5.74) is 2.14. The quantitative estimate of drug-likeness (QED) is 0.127. The van der Waals surface area contributed by atoms with Crippen molar-refractivity contribution in [1.29, 1.82) is 0 Å². The number of benzene rings is 2. The number of hydrogen-bond donors (Lipinski definition) is 4. The number of aromatic amines is 2. The summed E-state index contributed by atoms with van der Waals surface area (Å²) in [6.45, 7) is 15.1. The standard InChI is InChI=1S/C42H54N8O7/c1-25(45-39(53)56-41(3,4)5)37(51)49-21-9-11-33(49)35-43-23-31(47-35)27-13-17-29(18-14-27)55-30-19-15-28(16-20-30)32-24-44-36(48-32)34-12-10-22-50(34)38(52)26(2)46-40(54)57-42(6,7)8/h13-20,23-26,33-34H,9-12,21-22H2,1-8H3,(H,43,47)(H,44,48)(H,45,53)(H,46,54). The summed E-state index contributed by atoms with van der Waals surface area (Å²) >= 11 is 0. The van der Waals surface area contributed by atoms with Gasteiger partial charge in [0.1, 0.15) is 46.4 Å². The van der Waals surface area contributed by atoms with Crippen molar-refractivity contribution in [2.45, 2.75) is 116 Å². The predicted octanol–water partition coefficient (Wildman–Crippen LogP) is 7.41. The fourth-order valence-corrected chi connectivity index (χ4v) is 7.07. The molecule has 2 aromatic heterocycles. The number of hydrogen-bond acceptors (Lipinski definition) is 9. The average Bonchev–Trinajstić information content (AvgIpc) is 3.96. The van der Waals surface area contributed by atoms with Gasteiger partial charge in [-0.15, -0.1) is 0 Å². The van der Waals surface area contributed by atoms with Crippen LogP contribution in [0.1, 0.15) is 105 Å². The molecule has 4 amide bonds. The highest BCUT2D eigenvalue weighted by Crippen LogP contribution is 2.34. The van der Waals surface area contributed by atoms with Gasteiger partial charge in [-0.3, -0.25) is 9.59 Å². The van der Waals surface area contributed by atoms with Crippen LogP contribution in [0.15, 0.2) is 60.9 Å². The Balaban J connectivity index is 1.03. The number of nitrogens with zero attached hydrogens (tertiary/aromatic N) is 4. The molecule has 2 saturated heterocycles. The van der Waals surface area contributed by atoms with Crippen LogP contribution < -0.4 is 15.4 Å². The van der Waals surface area contributed by atoms with E-state index < -0.39 is 35.5 Å². The molecule has 15 nitrogen and oxygen atoms in total. The molecule has 4 atom stereocenters. The Kier molecular flexibility index (Phi) is 12.0. The number of alkyl carbamates (subject to hydrolysis) is 2. The molecule has 4 N–H and O–H groups in total. The lowest BCUT2D eigenvalue weighted by Crippen LogP contribution is -2.48. The maximum atomic E-state index is 13.3. The molecule has 4 unspecified atom stereocenters. The van der Waals surface area contributed by atoms with Gasteiger partial charge >= 0.3 is 12.2 Å². The molecule has 2 fully saturated rings. The van der Waals surface area contributed by atoms with E-state index in [1.165, 1.54) is 0 Å². The van der Waals surface area contributed by atoms with Gasteiger partial charge in [-0.05, 0) is 141 Å². The summed E-state index contributed by atoms with van der Waals surface area (Å²) in [4.78, 5) is 70.7. The van der Waals surface area contributed by atoms with Crippen molar-refractivity contribution < 1.29 is 33.4 Å². The molecule has 4 heterocycles. The van der Waals surface area contributed by atoms with Crippen LogP contribution in [-0.2, 0) is 19.1 Å². The van der Waals surface area contributed by atoms with E-state index in [1.807, 2.05) is 48.5 Å². The summed E-state index contributed by atoms with van der Waals surface area (Å²) in [6, 6.07) is 13.4. The molecular weight excluding hydrogens is 729 g/mol. The van der Waals surface area contributed by atoms with Crippen molar-refractivity contribution >= 4 is 24.0 Å². The second-order valence-electron chi connectivity index (χ2n) is 16.6. The first kappa shape index (κ1) is 40.8. The first-order chi connectivity index (χ1) is 26.9. The Morgan fingerprint density at radius 2 is 1.02 bits per heavy atom. The Labute approximate surface area is 333 Å². The monoisotopic (exact) mass is 782 g/mol. The lowest BCUT2D eigenvalue weighted by Gasteiger charge is -2.27. The molecule has 2 aliphatic rings. The number of nitrogens with one attached hydrogen (secondary N) is 4. The third-order valence-corrected chi connectivity index (χ3v) is 9.67. The van der Waals surface area contributed by atoms with Crippen LogP contribution in [0, 0.1) is 0 Å². The number of ether oxygens (including phenoxy) is 3.